The molecular weight excluding hydrogens is 424 g/mol. The second-order valence-electron chi connectivity index (χ2n) is 7.13. The van der Waals surface area contributed by atoms with Crippen LogP contribution < -0.4 is 15.4 Å². The number of amides is 4. The minimum absolute atomic E-state index is 0.176. The molecular formula is C21H21ClN4O5. The van der Waals surface area contributed by atoms with Crippen molar-refractivity contribution in [1.82, 2.24) is 15.2 Å². The summed E-state index contributed by atoms with van der Waals surface area (Å²) in [6.45, 7) is 3.61. The maximum atomic E-state index is 12.2. The predicted octanol–water partition coefficient (Wildman–Crippen LogP) is 1.90. The molecule has 0 aliphatic carbocycles. The number of carbonyl (C=O) groups excluding carboxylic acids is 4. The van der Waals surface area contributed by atoms with Crippen LogP contribution in [0.4, 0.5) is 5.69 Å². The monoisotopic (exact) mass is 444 g/mol. The van der Waals surface area contributed by atoms with E-state index in [0.29, 0.717) is 5.75 Å². The van der Waals surface area contributed by atoms with Crippen LogP contribution in [0.2, 0.25) is 5.02 Å². The van der Waals surface area contributed by atoms with E-state index >= 15 is 0 Å². The molecule has 10 heteroatoms. The fourth-order valence-electron chi connectivity index (χ4n) is 3.05. The van der Waals surface area contributed by atoms with Crippen molar-refractivity contribution in [1.29, 1.82) is 0 Å². The molecule has 0 unspecified atom stereocenters. The SMILES string of the molecule is CC(C)N1C(=O)C[C@@H](NC(=O)C(=O)Nc2ccc(OCc3ccccn3)c(Cl)c2)C1=O. The van der Waals surface area contributed by atoms with Gasteiger partial charge in [0.1, 0.15) is 18.4 Å². The first-order valence-corrected chi connectivity index (χ1v) is 9.94. The summed E-state index contributed by atoms with van der Waals surface area (Å²) in [7, 11) is 0. The number of benzene rings is 1. The zero-order valence-corrected chi connectivity index (χ0v) is 17.7. The summed E-state index contributed by atoms with van der Waals surface area (Å²) in [5.41, 5.74) is 0.997. The molecule has 0 spiro atoms. The lowest BCUT2D eigenvalue weighted by molar-refractivity contribution is -0.142. The molecule has 2 aromatic rings. The summed E-state index contributed by atoms with van der Waals surface area (Å²) in [6, 6.07) is 8.58. The molecule has 1 atom stereocenters. The minimum Gasteiger partial charge on any atom is -0.486 e. The number of nitrogens with one attached hydrogen (secondary N) is 2. The van der Waals surface area contributed by atoms with E-state index in [1.165, 1.54) is 12.1 Å². The Hall–Kier alpha value is -3.46. The van der Waals surface area contributed by atoms with Crippen LogP contribution in [0.1, 0.15) is 26.0 Å². The van der Waals surface area contributed by atoms with Gasteiger partial charge in [-0.2, -0.15) is 0 Å². The van der Waals surface area contributed by atoms with Crippen LogP contribution in [0.5, 0.6) is 5.75 Å². The predicted molar refractivity (Wildman–Crippen MR) is 112 cm³/mol. The second kappa shape index (κ2) is 9.57. The Kier molecular flexibility index (Phi) is 6.86. The van der Waals surface area contributed by atoms with Gasteiger partial charge in [0.15, 0.2) is 0 Å². The van der Waals surface area contributed by atoms with E-state index in [0.717, 1.165) is 10.6 Å². The molecule has 2 heterocycles. The summed E-state index contributed by atoms with van der Waals surface area (Å²) < 4.78 is 5.61. The molecule has 1 aromatic carbocycles. The van der Waals surface area contributed by atoms with E-state index in [1.807, 2.05) is 12.1 Å². The highest BCUT2D eigenvalue weighted by Crippen LogP contribution is 2.28. The van der Waals surface area contributed by atoms with E-state index in [9.17, 15) is 19.2 Å². The standard InChI is InChI=1S/C21H21ClN4O5/c1-12(2)26-18(27)10-16(21(26)30)25-20(29)19(28)24-13-6-7-17(15(22)9-13)31-11-14-5-3-4-8-23-14/h3-9,12,16H,10-11H2,1-2H3,(H,24,28)(H,25,29)/t16-/m1/s1. The summed E-state index contributed by atoms with van der Waals surface area (Å²) in [5, 5.41) is 4.94. The quantitative estimate of drug-likeness (QED) is 0.519. The van der Waals surface area contributed by atoms with Gasteiger partial charge >= 0.3 is 11.8 Å². The molecule has 3 rings (SSSR count). The lowest BCUT2D eigenvalue weighted by atomic mass is 10.2. The van der Waals surface area contributed by atoms with E-state index in [2.05, 4.69) is 15.6 Å². The number of hydrogen-bond donors (Lipinski definition) is 2. The number of imide groups is 1. The van der Waals surface area contributed by atoms with Crippen LogP contribution >= 0.6 is 11.6 Å². The molecule has 4 amide bonds. The van der Waals surface area contributed by atoms with Gasteiger partial charge in [-0.1, -0.05) is 17.7 Å². The van der Waals surface area contributed by atoms with Crippen molar-refractivity contribution < 1.29 is 23.9 Å². The minimum atomic E-state index is -1.06. The topological polar surface area (TPSA) is 118 Å². The molecule has 1 fully saturated rings. The normalized spacial score (nSPS) is 15.9. The second-order valence-corrected chi connectivity index (χ2v) is 7.54. The van der Waals surface area contributed by atoms with Crippen molar-refractivity contribution in [3.05, 3.63) is 53.3 Å². The molecule has 31 heavy (non-hydrogen) atoms. The number of rotatable bonds is 6. The number of carbonyl (C=O) groups is 4. The zero-order chi connectivity index (χ0) is 22.5. The van der Waals surface area contributed by atoms with Crippen LogP contribution in [0.3, 0.4) is 0 Å². The van der Waals surface area contributed by atoms with E-state index < -0.39 is 29.7 Å². The molecule has 1 aliphatic rings. The Balaban J connectivity index is 1.56. The molecule has 0 radical (unpaired) electrons. The Morgan fingerprint density at radius 2 is 2.00 bits per heavy atom. The van der Waals surface area contributed by atoms with Crippen molar-refractivity contribution in [3.8, 4) is 5.75 Å². The number of halogens is 1. The van der Waals surface area contributed by atoms with Crippen LogP contribution in [0.15, 0.2) is 42.6 Å². The highest BCUT2D eigenvalue weighted by Gasteiger charge is 2.41. The lowest BCUT2D eigenvalue weighted by Crippen LogP contribution is -2.47. The van der Waals surface area contributed by atoms with Crippen LogP contribution in [0.25, 0.3) is 0 Å². The van der Waals surface area contributed by atoms with E-state index in [4.69, 9.17) is 16.3 Å². The third kappa shape index (κ3) is 5.37. The maximum absolute atomic E-state index is 12.2. The first-order valence-electron chi connectivity index (χ1n) is 9.56. The van der Waals surface area contributed by atoms with Crippen molar-refractivity contribution in [2.45, 2.75) is 39.0 Å². The largest absolute Gasteiger partial charge is 0.486 e. The fraction of sp³-hybridized carbons (Fsp3) is 0.286. The highest BCUT2D eigenvalue weighted by atomic mass is 35.5. The smallest absolute Gasteiger partial charge is 0.313 e. The summed E-state index contributed by atoms with van der Waals surface area (Å²) in [5.74, 6) is -2.54. The molecule has 162 valence electrons. The average molecular weight is 445 g/mol. The number of pyridine rings is 1. The first kappa shape index (κ1) is 22.2. The highest BCUT2D eigenvalue weighted by molar-refractivity contribution is 6.40. The summed E-state index contributed by atoms with van der Waals surface area (Å²) >= 11 is 6.19. The van der Waals surface area contributed by atoms with Gasteiger partial charge in [-0.05, 0) is 44.2 Å². The third-order valence-corrected chi connectivity index (χ3v) is 4.80. The summed E-state index contributed by atoms with van der Waals surface area (Å²) in [4.78, 5) is 53.8. The summed E-state index contributed by atoms with van der Waals surface area (Å²) in [6.07, 6.45) is 1.48. The first-order chi connectivity index (χ1) is 14.8. The number of likely N-dealkylation sites (tertiary alicyclic amines) is 1. The van der Waals surface area contributed by atoms with Crippen LogP contribution in [-0.2, 0) is 25.8 Å². The Labute approximate surface area is 183 Å². The fourth-order valence-corrected chi connectivity index (χ4v) is 3.28. The van der Waals surface area contributed by atoms with Gasteiger partial charge in [0.25, 0.3) is 5.91 Å². The molecule has 2 N–H and O–H groups in total. The van der Waals surface area contributed by atoms with Gasteiger partial charge in [0.2, 0.25) is 5.91 Å². The lowest BCUT2D eigenvalue weighted by Gasteiger charge is -2.19. The molecule has 0 bridgehead atoms. The van der Waals surface area contributed by atoms with Crippen molar-refractivity contribution in [2.75, 3.05) is 5.32 Å². The van der Waals surface area contributed by atoms with Gasteiger partial charge in [0, 0.05) is 17.9 Å². The van der Waals surface area contributed by atoms with E-state index in [-0.39, 0.29) is 29.8 Å². The van der Waals surface area contributed by atoms with Gasteiger partial charge in [0.05, 0.1) is 17.1 Å². The Morgan fingerprint density at radius 1 is 1.23 bits per heavy atom. The van der Waals surface area contributed by atoms with Crippen molar-refractivity contribution in [2.24, 2.45) is 0 Å². The molecule has 1 aliphatic heterocycles. The van der Waals surface area contributed by atoms with Crippen molar-refractivity contribution in [3.63, 3.8) is 0 Å². The number of anilines is 1. The Bertz CT molecular complexity index is 1010. The van der Waals surface area contributed by atoms with Crippen molar-refractivity contribution >= 4 is 40.9 Å². The van der Waals surface area contributed by atoms with E-state index in [1.54, 1.807) is 32.2 Å². The van der Waals surface area contributed by atoms with Gasteiger partial charge < -0.3 is 15.4 Å². The van der Waals surface area contributed by atoms with Crippen LogP contribution in [0, 0.1) is 0 Å². The number of ether oxygens (including phenoxy) is 1. The number of nitrogens with zero attached hydrogens (tertiary/aromatic N) is 2. The van der Waals surface area contributed by atoms with Gasteiger partial charge in [-0.25, -0.2) is 0 Å². The number of aromatic nitrogens is 1. The maximum Gasteiger partial charge on any atom is 0.313 e. The third-order valence-electron chi connectivity index (χ3n) is 4.50. The zero-order valence-electron chi connectivity index (χ0n) is 16.9. The van der Waals surface area contributed by atoms with Gasteiger partial charge in [-0.15, -0.1) is 0 Å². The Morgan fingerprint density at radius 3 is 2.61 bits per heavy atom. The van der Waals surface area contributed by atoms with Crippen LogP contribution in [-0.4, -0.2) is 45.6 Å². The van der Waals surface area contributed by atoms with Gasteiger partial charge in [-0.3, -0.25) is 29.1 Å². The molecule has 0 saturated carbocycles. The molecule has 1 aromatic heterocycles. The number of hydrogen-bond acceptors (Lipinski definition) is 6. The average Bonchev–Trinajstić information content (AvgIpc) is 3.01. The molecule has 1 saturated heterocycles. The molecule has 9 nitrogen and oxygen atoms in total.